The number of rotatable bonds is 9. The highest BCUT2D eigenvalue weighted by Gasteiger charge is 2.35. The van der Waals surface area contributed by atoms with Gasteiger partial charge in [-0.05, 0) is 50.6 Å². The zero-order valence-corrected chi connectivity index (χ0v) is 17.4. The van der Waals surface area contributed by atoms with Crippen LogP contribution in [0.15, 0.2) is 42.5 Å². The number of fused-ring (bicyclic) bond motifs is 1. The van der Waals surface area contributed by atoms with Crippen LogP contribution >= 0.6 is 0 Å². The van der Waals surface area contributed by atoms with Gasteiger partial charge in [-0.3, -0.25) is 19.3 Å². The van der Waals surface area contributed by atoms with E-state index in [0.717, 1.165) is 10.5 Å². The maximum Gasteiger partial charge on any atom is 0.261 e. The molecule has 0 spiro atoms. The molecule has 1 N–H and O–H groups in total. The maximum absolute atomic E-state index is 12.4. The molecule has 0 saturated heterocycles. The Morgan fingerprint density at radius 3 is 2.17 bits per heavy atom. The van der Waals surface area contributed by atoms with Crippen LogP contribution in [0, 0.1) is 0 Å². The van der Waals surface area contributed by atoms with E-state index < -0.39 is 0 Å². The van der Waals surface area contributed by atoms with Gasteiger partial charge in [-0.15, -0.1) is 0 Å². The van der Waals surface area contributed by atoms with Crippen LogP contribution in [-0.2, 0) is 4.79 Å². The molecule has 1 aliphatic rings. The second kappa shape index (κ2) is 9.43. The summed E-state index contributed by atoms with van der Waals surface area (Å²) >= 11 is 0. The van der Waals surface area contributed by atoms with E-state index in [4.69, 9.17) is 9.47 Å². The number of amides is 3. The summed E-state index contributed by atoms with van der Waals surface area (Å²) in [5.74, 6) is 0.329. The van der Waals surface area contributed by atoms with Crippen molar-refractivity contribution >= 4 is 17.7 Å². The third-order valence-electron chi connectivity index (χ3n) is 4.89. The number of nitrogens with one attached hydrogen (secondary N) is 1. The van der Waals surface area contributed by atoms with Gasteiger partial charge in [-0.1, -0.05) is 18.2 Å². The Morgan fingerprint density at radius 1 is 0.967 bits per heavy atom. The molecule has 1 atom stereocenters. The van der Waals surface area contributed by atoms with Crippen molar-refractivity contribution in [2.75, 3.05) is 19.8 Å². The Labute approximate surface area is 176 Å². The molecule has 30 heavy (non-hydrogen) atoms. The Hall–Kier alpha value is -3.35. The molecule has 7 heteroatoms. The number of hydrogen-bond acceptors (Lipinski definition) is 5. The van der Waals surface area contributed by atoms with Gasteiger partial charge in [0.25, 0.3) is 11.8 Å². The SMILES string of the molecule is CCOc1ccc([C@@H](C)NC(=O)CCN2C(=O)c3ccccc3C2=O)cc1OCC. The summed E-state index contributed by atoms with van der Waals surface area (Å²) in [5.41, 5.74) is 1.64. The van der Waals surface area contributed by atoms with E-state index in [1.165, 1.54) is 0 Å². The predicted octanol–water partition coefficient (Wildman–Crippen LogP) is 3.35. The summed E-state index contributed by atoms with van der Waals surface area (Å²) in [6, 6.07) is 12.0. The van der Waals surface area contributed by atoms with Gasteiger partial charge in [0.2, 0.25) is 5.91 Å². The van der Waals surface area contributed by atoms with Crippen molar-refractivity contribution in [2.45, 2.75) is 33.2 Å². The molecular formula is C23H26N2O5. The molecule has 0 bridgehead atoms. The third-order valence-corrected chi connectivity index (χ3v) is 4.89. The summed E-state index contributed by atoms with van der Waals surface area (Å²) in [6.45, 7) is 6.74. The topological polar surface area (TPSA) is 84.9 Å². The van der Waals surface area contributed by atoms with Gasteiger partial charge >= 0.3 is 0 Å². The monoisotopic (exact) mass is 410 g/mol. The average Bonchev–Trinajstić information content (AvgIpc) is 2.98. The Kier molecular flexibility index (Phi) is 6.72. The van der Waals surface area contributed by atoms with E-state index in [1.54, 1.807) is 24.3 Å². The summed E-state index contributed by atoms with van der Waals surface area (Å²) in [6.07, 6.45) is 0.0329. The Morgan fingerprint density at radius 2 is 1.57 bits per heavy atom. The zero-order chi connectivity index (χ0) is 21.7. The highest BCUT2D eigenvalue weighted by atomic mass is 16.5. The molecule has 0 unspecified atom stereocenters. The first-order valence-corrected chi connectivity index (χ1v) is 10.1. The van der Waals surface area contributed by atoms with Crippen molar-refractivity contribution < 1.29 is 23.9 Å². The molecule has 7 nitrogen and oxygen atoms in total. The van der Waals surface area contributed by atoms with E-state index >= 15 is 0 Å². The number of benzene rings is 2. The molecule has 3 amide bonds. The first kappa shape index (κ1) is 21.4. The fourth-order valence-corrected chi connectivity index (χ4v) is 3.39. The van der Waals surface area contributed by atoms with Crippen molar-refractivity contribution in [3.05, 3.63) is 59.2 Å². The molecule has 0 fully saturated rings. The molecule has 2 aromatic carbocycles. The normalized spacial score (nSPS) is 13.8. The number of carbonyl (C=O) groups excluding carboxylic acids is 3. The number of carbonyl (C=O) groups is 3. The van der Waals surface area contributed by atoms with Crippen LogP contribution in [-0.4, -0.2) is 42.4 Å². The second-order valence-electron chi connectivity index (χ2n) is 6.92. The number of ether oxygens (including phenoxy) is 2. The van der Waals surface area contributed by atoms with Crippen LogP contribution in [0.25, 0.3) is 0 Å². The summed E-state index contributed by atoms with van der Waals surface area (Å²) in [5, 5.41) is 2.91. The molecule has 158 valence electrons. The summed E-state index contributed by atoms with van der Waals surface area (Å²) in [7, 11) is 0. The van der Waals surface area contributed by atoms with E-state index in [0.29, 0.717) is 35.8 Å². The van der Waals surface area contributed by atoms with Crippen LogP contribution in [0.5, 0.6) is 11.5 Å². The molecule has 0 radical (unpaired) electrons. The number of nitrogens with zero attached hydrogens (tertiary/aromatic N) is 1. The summed E-state index contributed by atoms with van der Waals surface area (Å²) in [4.78, 5) is 38.3. The molecule has 1 heterocycles. The first-order chi connectivity index (χ1) is 14.5. The standard InChI is InChI=1S/C23H26N2O5/c1-4-29-19-11-10-16(14-20(19)30-5-2)15(3)24-21(26)12-13-25-22(27)17-8-6-7-9-18(17)23(25)28/h6-11,14-15H,4-5,12-13H2,1-3H3,(H,24,26)/t15-/m1/s1. The van der Waals surface area contributed by atoms with Gasteiger partial charge in [0.1, 0.15) is 0 Å². The van der Waals surface area contributed by atoms with Gasteiger partial charge in [0.15, 0.2) is 11.5 Å². The molecule has 0 saturated carbocycles. The zero-order valence-electron chi connectivity index (χ0n) is 17.4. The van der Waals surface area contributed by atoms with Crippen LogP contribution in [0.1, 0.15) is 59.5 Å². The van der Waals surface area contributed by atoms with E-state index in [-0.39, 0.29) is 36.7 Å². The quantitative estimate of drug-likeness (QED) is 0.641. The van der Waals surface area contributed by atoms with Gasteiger partial charge in [0, 0.05) is 13.0 Å². The van der Waals surface area contributed by atoms with E-state index in [1.807, 2.05) is 39.0 Å². The van der Waals surface area contributed by atoms with Gasteiger partial charge in [-0.25, -0.2) is 0 Å². The summed E-state index contributed by atoms with van der Waals surface area (Å²) < 4.78 is 11.2. The molecule has 3 rings (SSSR count). The van der Waals surface area contributed by atoms with Gasteiger partial charge < -0.3 is 14.8 Å². The minimum atomic E-state index is -0.357. The van der Waals surface area contributed by atoms with Crippen LogP contribution in [0.3, 0.4) is 0 Å². The lowest BCUT2D eigenvalue weighted by Crippen LogP contribution is -2.35. The third kappa shape index (κ3) is 4.45. The molecule has 2 aromatic rings. The lowest BCUT2D eigenvalue weighted by atomic mass is 10.1. The van der Waals surface area contributed by atoms with Crippen molar-refractivity contribution in [1.82, 2.24) is 10.2 Å². The fourth-order valence-electron chi connectivity index (χ4n) is 3.39. The number of hydrogen-bond donors (Lipinski definition) is 1. The number of imide groups is 1. The second-order valence-corrected chi connectivity index (χ2v) is 6.92. The minimum absolute atomic E-state index is 0.0329. The van der Waals surface area contributed by atoms with Crippen LogP contribution in [0.2, 0.25) is 0 Å². The van der Waals surface area contributed by atoms with Gasteiger partial charge in [0.05, 0.1) is 30.4 Å². The smallest absolute Gasteiger partial charge is 0.261 e. The Bertz CT molecular complexity index is 921. The first-order valence-electron chi connectivity index (χ1n) is 10.1. The lowest BCUT2D eigenvalue weighted by Gasteiger charge is -2.18. The highest BCUT2D eigenvalue weighted by molar-refractivity contribution is 6.21. The van der Waals surface area contributed by atoms with Crippen molar-refractivity contribution in [3.63, 3.8) is 0 Å². The van der Waals surface area contributed by atoms with Crippen LogP contribution < -0.4 is 14.8 Å². The average molecular weight is 410 g/mol. The van der Waals surface area contributed by atoms with E-state index in [2.05, 4.69) is 5.32 Å². The molecule has 1 aliphatic heterocycles. The Balaban J connectivity index is 1.59. The highest BCUT2D eigenvalue weighted by Crippen LogP contribution is 2.30. The fraction of sp³-hybridized carbons (Fsp3) is 0.348. The lowest BCUT2D eigenvalue weighted by molar-refractivity contribution is -0.121. The van der Waals surface area contributed by atoms with Crippen LogP contribution in [0.4, 0.5) is 0 Å². The largest absolute Gasteiger partial charge is 0.490 e. The maximum atomic E-state index is 12.4. The van der Waals surface area contributed by atoms with Crippen molar-refractivity contribution in [3.8, 4) is 11.5 Å². The minimum Gasteiger partial charge on any atom is -0.490 e. The van der Waals surface area contributed by atoms with E-state index in [9.17, 15) is 14.4 Å². The molecule has 0 aromatic heterocycles. The molecular weight excluding hydrogens is 384 g/mol. The van der Waals surface area contributed by atoms with Gasteiger partial charge in [-0.2, -0.15) is 0 Å². The predicted molar refractivity (Wildman–Crippen MR) is 112 cm³/mol. The molecule has 0 aliphatic carbocycles. The van der Waals surface area contributed by atoms with Crippen molar-refractivity contribution in [1.29, 1.82) is 0 Å². The van der Waals surface area contributed by atoms with Crippen molar-refractivity contribution in [2.24, 2.45) is 0 Å².